The van der Waals surface area contributed by atoms with Gasteiger partial charge in [-0.3, -0.25) is 0 Å². The maximum Gasteiger partial charge on any atom is 0.333 e. The molecule has 0 aliphatic carbocycles. The van der Waals surface area contributed by atoms with Gasteiger partial charge in [-0.15, -0.1) is 0 Å². The van der Waals surface area contributed by atoms with Gasteiger partial charge in [0.2, 0.25) is 0 Å². The van der Waals surface area contributed by atoms with E-state index < -0.39 is 36.7 Å². The highest BCUT2D eigenvalue weighted by atomic mass is 16.7. The Morgan fingerprint density at radius 2 is 1.93 bits per heavy atom. The third-order valence-electron chi connectivity index (χ3n) is 2.64. The molecule has 0 aromatic rings. The molecule has 84 valence electrons. The Morgan fingerprint density at radius 3 is 2.33 bits per heavy atom. The second-order valence-electron chi connectivity index (χ2n) is 3.72. The molecular weight excluding hydrogens is 204 g/mol. The van der Waals surface area contributed by atoms with Crippen molar-refractivity contribution in [2.45, 2.75) is 37.1 Å². The van der Waals surface area contributed by atoms with Crippen molar-refractivity contribution in [2.75, 3.05) is 0 Å². The lowest BCUT2D eigenvalue weighted by Gasteiger charge is -2.19. The summed E-state index contributed by atoms with van der Waals surface area (Å²) in [6.45, 7) is 3.48. The van der Waals surface area contributed by atoms with E-state index in [0.29, 0.717) is 5.57 Å². The summed E-state index contributed by atoms with van der Waals surface area (Å²) in [5, 5.41) is 27.9. The number of hydrogen-bond donors (Lipinski definition) is 3. The van der Waals surface area contributed by atoms with Crippen molar-refractivity contribution in [3.63, 3.8) is 0 Å². The van der Waals surface area contributed by atoms with Gasteiger partial charge in [0.05, 0.1) is 0 Å². The molecule has 0 aromatic heterocycles. The zero-order valence-electron chi connectivity index (χ0n) is 7.87. The lowest BCUT2D eigenvalue weighted by Crippen LogP contribution is -2.38. The number of rotatable bonds is 1. The molecule has 0 saturated carbocycles. The van der Waals surface area contributed by atoms with Crippen molar-refractivity contribution >= 4 is 5.97 Å². The maximum absolute atomic E-state index is 11.0. The Morgan fingerprint density at radius 1 is 1.27 bits per heavy atom. The molecule has 0 radical (unpaired) electrons. The van der Waals surface area contributed by atoms with Gasteiger partial charge in [0.15, 0.2) is 6.29 Å². The van der Waals surface area contributed by atoms with Gasteiger partial charge in [-0.1, -0.05) is 6.58 Å². The van der Waals surface area contributed by atoms with Crippen LogP contribution in [0.3, 0.4) is 0 Å². The van der Waals surface area contributed by atoms with Crippen LogP contribution in [0.25, 0.3) is 0 Å². The van der Waals surface area contributed by atoms with Crippen LogP contribution in [0, 0.1) is 0 Å². The van der Waals surface area contributed by atoms with E-state index in [1.165, 1.54) is 0 Å². The van der Waals surface area contributed by atoms with Crippen molar-refractivity contribution in [1.29, 1.82) is 0 Å². The fraction of sp³-hybridized carbons (Fsp3) is 0.667. The first-order chi connectivity index (χ1) is 7.00. The maximum atomic E-state index is 11.0. The van der Waals surface area contributed by atoms with Crippen LogP contribution in [-0.2, 0) is 14.3 Å². The fourth-order valence-corrected chi connectivity index (χ4v) is 1.76. The largest absolute Gasteiger partial charge is 0.456 e. The molecule has 0 bridgehead atoms. The van der Waals surface area contributed by atoms with Crippen LogP contribution in [0.2, 0.25) is 0 Å². The van der Waals surface area contributed by atoms with E-state index in [4.69, 9.17) is 14.6 Å². The average Bonchev–Trinajstić information content (AvgIpc) is 2.63. The minimum atomic E-state index is -1.45. The van der Waals surface area contributed by atoms with Crippen LogP contribution in [0.5, 0.6) is 0 Å². The summed E-state index contributed by atoms with van der Waals surface area (Å²) in [6.07, 6.45) is -5.44. The second-order valence-corrected chi connectivity index (χ2v) is 3.72. The molecule has 15 heavy (non-hydrogen) atoms. The van der Waals surface area contributed by atoms with E-state index in [1.54, 1.807) is 0 Å². The van der Waals surface area contributed by atoms with Crippen LogP contribution in [0.15, 0.2) is 12.2 Å². The van der Waals surface area contributed by atoms with Crippen LogP contribution in [-0.4, -0.2) is 52.0 Å². The normalized spacial score (nSPS) is 45.9. The van der Waals surface area contributed by atoms with Gasteiger partial charge >= 0.3 is 5.97 Å². The molecule has 2 heterocycles. The van der Waals surface area contributed by atoms with Gasteiger partial charge in [0.25, 0.3) is 0 Å². The molecule has 2 rings (SSSR count). The van der Waals surface area contributed by atoms with Gasteiger partial charge in [-0.25, -0.2) is 4.79 Å². The summed E-state index contributed by atoms with van der Waals surface area (Å²) in [5.41, 5.74) is 0.298. The Labute approximate surface area is 85.7 Å². The Kier molecular flexibility index (Phi) is 2.51. The summed E-state index contributed by atoms with van der Waals surface area (Å²) in [7, 11) is 0. The molecule has 0 amide bonds. The Balaban J connectivity index is 2.07. The smallest absolute Gasteiger partial charge is 0.333 e. The number of hydrogen-bond acceptors (Lipinski definition) is 6. The molecule has 0 aromatic carbocycles. The summed E-state index contributed by atoms with van der Waals surface area (Å²) in [6, 6.07) is 0. The summed E-state index contributed by atoms with van der Waals surface area (Å²) in [4.78, 5) is 11.0. The van der Waals surface area contributed by atoms with Crippen LogP contribution in [0.4, 0.5) is 0 Å². The van der Waals surface area contributed by atoms with Crippen molar-refractivity contribution in [2.24, 2.45) is 0 Å². The molecular formula is C9H12O6. The van der Waals surface area contributed by atoms with Crippen LogP contribution >= 0.6 is 0 Å². The van der Waals surface area contributed by atoms with E-state index >= 15 is 0 Å². The van der Waals surface area contributed by atoms with E-state index in [2.05, 4.69) is 6.58 Å². The number of aliphatic hydroxyl groups excluding tert-OH is 3. The SMILES string of the molecule is C=C1C[C@@H]([C@H]2OC(O)[C@H](O)[C@H]2O)OC1=O. The monoisotopic (exact) mass is 216 g/mol. The quantitative estimate of drug-likeness (QED) is 0.357. The lowest BCUT2D eigenvalue weighted by atomic mass is 10.0. The number of cyclic esters (lactones) is 1. The fourth-order valence-electron chi connectivity index (χ4n) is 1.76. The molecule has 3 N–H and O–H groups in total. The summed E-state index contributed by atoms with van der Waals surface area (Å²) < 4.78 is 9.78. The highest BCUT2D eigenvalue weighted by Gasteiger charge is 2.49. The van der Waals surface area contributed by atoms with Gasteiger partial charge in [-0.05, 0) is 0 Å². The highest BCUT2D eigenvalue weighted by Crippen LogP contribution is 2.30. The molecule has 6 heteroatoms. The minimum Gasteiger partial charge on any atom is -0.456 e. The van der Waals surface area contributed by atoms with E-state index in [0.717, 1.165) is 0 Å². The third-order valence-corrected chi connectivity index (χ3v) is 2.64. The predicted octanol–water partition coefficient (Wildman–Crippen LogP) is -1.70. The number of carbonyl (C=O) groups excluding carboxylic acids is 1. The van der Waals surface area contributed by atoms with Gasteiger partial charge in [0, 0.05) is 12.0 Å². The van der Waals surface area contributed by atoms with Crippen LogP contribution in [0.1, 0.15) is 6.42 Å². The van der Waals surface area contributed by atoms with E-state index in [-0.39, 0.29) is 6.42 Å². The summed E-state index contributed by atoms with van der Waals surface area (Å²) in [5.74, 6) is -0.535. The summed E-state index contributed by atoms with van der Waals surface area (Å²) >= 11 is 0. The molecule has 0 spiro atoms. The van der Waals surface area contributed by atoms with E-state index in [9.17, 15) is 15.0 Å². The molecule has 1 unspecified atom stereocenters. The Bertz CT molecular complexity index is 285. The first-order valence-electron chi connectivity index (χ1n) is 4.59. The van der Waals surface area contributed by atoms with Crippen molar-refractivity contribution in [3.8, 4) is 0 Å². The lowest BCUT2D eigenvalue weighted by molar-refractivity contribution is -0.161. The molecule has 6 nitrogen and oxygen atoms in total. The first-order valence-corrected chi connectivity index (χ1v) is 4.59. The number of ether oxygens (including phenoxy) is 2. The minimum absolute atomic E-state index is 0.236. The standard InChI is InChI=1S/C9H12O6/c1-3-2-4(14-8(3)12)7-5(10)6(11)9(13)15-7/h4-7,9-11,13H,1-2H2/t4-,5+,6+,7+,9?/m0/s1. The first kappa shape index (κ1) is 10.6. The molecule has 2 saturated heterocycles. The zero-order valence-corrected chi connectivity index (χ0v) is 7.87. The average molecular weight is 216 g/mol. The topological polar surface area (TPSA) is 96.2 Å². The number of aliphatic hydroxyl groups is 3. The zero-order chi connectivity index (χ0) is 11.2. The molecule has 2 fully saturated rings. The van der Waals surface area contributed by atoms with Crippen molar-refractivity contribution in [1.82, 2.24) is 0 Å². The van der Waals surface area contributed by atoms with Crippen LogP contribution < -0.4 is 0 Å². The molecule has 2 aliphatic heterocycles. The molecule has 5 atom stereocenters. The van der Waals surface area contributed by atoms with Gasteiger partial charge < -0.3 is 24.8 Å². The van der Waals surface area contributed by atoms with Crippen molar-refractivity contribution < 1.29 is 29.6 Å². The van der Waals surface area contributed by atoms with Gasteiger partial charge in [-0.2, -0.15) is 0 Å². The molecule has 2 aliphatic rings. The number of esters is 1. The van der Waals surface area contributed by atoms with Crippen molar-refractivity contribution in [3.05, 3.63) is 12.2 Å². The van der Waals surface area contributed by atoms with E-state index in [1.807, 2.05) is 0 Å². The predicted molar refractivity (Wildman–Crippen MR) is 46.5 cm³/mol. The second kappa shape index (κ2) is 3.57. The van der Waals surface area contributed by atoms with Gasteiger partial charge in [0.1, 0.15) is 24.4 Å². The highest BCUT2D eigenvalue weighted by molar-refractivity contribution is 5.90. The number of carbonyl (C=O) groups is 1. The third kappa shape index (κ3) is 1.65. The Hall–Kier alpha value is -0.950.